The van der Waals surface area contributed by atoms with E-state index in [1.165, 1.54) is 18.3 Å². The van der Waals surface area contributed by atoms with E-state index in [4.69, 9.17) is 0 Å². The number of rotatable bonds is 6. The summed E-state index contributed by atoms with van der Waals surface area (Å²) in [6, 6.07) is 12.5. The smallest absolute Gasteiger partial charge is 0.155 e. The molecule has 9 heteroatoms. The van der Waals surface area contributed by atoms with Crippen LogP contribution >= 0.6 is 0 Å². The summed E-state index contributed by atoms with van der Waals surface area (Å²) < 4.78 is 28.0. The van der Waals surface area contributed by atoms with Crippen LogP contribution in [0.3, 0.4) is 0 Å². The van der Waals surface area contributed by atoms with Crippen molar-refractivity contribution >= 4 is 22.5 Å². The maximum absolute atomic E-state index is 14.3. The summed E-state index contributed by atoms with van der Waals surface area (Å²) in [7, 11) is 1.82. The number of H-pyrrole nitrogens is 1. The second kappa shape index (κ2) is 7.57. The Hall–Kier alpha value is -3.62. The van der Waals surface area contributed by atoms with Crippen LogP contribution in [0.4, 0.5) is 20.4 Å². The van der Waals surface area contributed by atoms with Gasteiger partial charge in [-0.15, -0.1) is 10.2 Å². The van der Waals surface area contributed by atoms with E-state index in [1.54, 1.807) is 0 Å². The molecule has 1 aliphatic rings. The molecule has 1 aromatic carbocycles. The van der Waals surface area contributed by atoms with Gasteiger partial charge in [-0.3, -0.25) is 10.1 Å². The van der Waals surface area contributed by atoms with Gasteiger partial charge in [0, 0.05) is 36.2 Å². The van der Waals surface area contributed by atoms with Crippen molar-refractivity contribution < 1.29 is 8.78 Å². The molecule has 3 heterocycles. The van der Waals surface area contributed by atoms with Crippen LogP contribution in [0.2, 0.25) is 0 Å². The molecule has 5 rings (SSSR count). The molecule has 158 valence electrons. The van der Waals surface area contributed by atoms with Crippen LogP contribution < -0.4 is 10.6 Å². The Labute approximate surface area is 177 Å². The van der Waals surface area contributed by atoms with Gasteiger partial charge in [0.2, 0.25) is 0 Å². The van der Waals surface area contributed by atoms with E-state index in [9.17, 15) is 8.78 Å². The van der Waals surface area contributed by atoms with Crippen LogP contribution in [0.15, 0.2) is 48.7 Å². The topological polar surface area (TPSA) is 91.4 Å². The van der Waals surface area contributed by atoms with Crippen molar-refractivity contribution in [1.82, 2.24) is 25.4 Å². The van der Waals surface area contributed by atoms with Crippen molar-refractivity contribution in [3.63, 3.8) is 0 Å². The van der Waals surface area contributed by atoms with E-state index >= 15 is 0 Å². The van der Waals surface area contributed by atoms with Gasteiger partial charge in [0.05, 0.1) is 16.9 Å². The molecule has 4 aromatic rings. The van der Waals surface area contributed by atoms with Crippen LogP contribution in [0, 0.1) is 5.82 Å². The first kappa shape index (κ1) is 19.3. The Morgan fingerprint density at radius 1 is 1.16 bits per heavy atom. The maximum Gasteiger partial charge on any atom is 0.155 e. The minimum atomic E-state index is -0.947. The highest BCUT2D eigenvalue weighted by Crippen LogP contribution is 2.45. The van der Waals surface area contributed by atoms with Gasteiger partial charge in [-0.25, -0.2) is 8.78 Å². The number of nitrogens with zero attached hydrogens (tertiary/aromatic N) is 4. The molecule has 3 aromatic heterocycles. The number of pyridine rings is 1. The molecule has 1 aliphatic carbocycles. The van der Waals surface area contributed by atoms with Crippen molar-refractivity contribution in [3.05, 3.63) is 60.2 Å². The predicted octanol–water partition coefficient (Wildman–Crippen LogP) is 4.08. The van der Waals surface area contributed by atoms with E-state index in [0.29, 0.717) is 23.8 Å². The number of nitrogens with one attached hydrogen (secondary N) is 3. The molecule has 0 aliphatic heterocycles. The summed E-state index contributed by atoms with van der Waals surface area (Å²) in [6.45, 7) is 0.335. The minimum absolute atomic E-state index is 0.234. The van der Waals surface area contributed by atoms with Crippen LogP contribution in [-0.4, -0.2) is 45.1 Å². The molecule has 0 radical (unpaired) electrons. The summed E-state index contributed by atoms with van der Waals surface area (Å²) >= 11 is 0. The lowest BCUT2D eigenvalue weighted by Crippen LogP contribution is -2.49. The number of alkyl halides is 1. The third-order valence-electron chi connectivity index (χ3n) is 5.85. The number of aromatic amines is 1. The molecule has 0 saturated heterocycles. The number of hydrogen-bond donors (Lipinski definition) is 3. The third kappa shape index (κ3) is 3.45. The zero-order valence-electron chi connectivity index (χ0n) is 16.9. The van der Waals surface area contributed by atoms with Gasteiger partial charge in [-0.05, 0) is 49.2 Å². The monoisotopic (exact) mass is 421 g/mol. The van der Waals surface area contributed by atoms with Crippen LogP contribution in [0.25, 0.3) is 22.2 Å². The number of anilines is 2. The molecule has 7 nitrogen and oxygen atoms in total. The molecule has 0 bridgehead atoms. The zero-order valence-corrected chi connectivity index (χ0v) is 16.9. The van der Waals surface area contributed by atoms with Crippen molar-refractivity contribution in [3.8, 4) is 11.3 Å². The first-order chi connectivity index (χ1) is 15.1. The van der Waals surface area contributed by atoms with Crippen molar-refractivity contribution in [1.29, 1.82) is 0 Å². The van der Waals surface area contributed by atoms with Crippen LogP contribution in [-0.2, 0) is 5.41 Å². The van der Waals surface area contributed by atoms with Gasteiger partial charge >= 0.3 is 0 Å². The van der Waals surface area contributed by atoms with Crippen molar-refractivity contribution in [2.24, 2.45) is 0 Å². The summed E-state index contributed by atoms with van der Waals surface area (Å²) in [6.07, 6.45) is 1.06. The van der Waals surface area contributed by atoms with Gasteiger partial charge in [0.15, 0.2) is 5.82 Å². The van der Waals surface area contributed by atoms with Gasteiger partial charge in [-0.2, -0.15) is 5.10 Å². The van der Waals surface area contributed by atoms with E-state index in [0.717, 1.165) is 22.3 Å². The predicted molar refractivity (Wildman–Crippen MR) is 115 cm³/mol. The molecule has 1 saturated carbocycles. The van der Waals surface area contributed by atoms with E-state index in [-0.39, 0.29) is 12.8 Å². The molecule has 31 heavy (non-hydrogen) atoms. The summed E-state index contributed by atoms with van der Waals surface area (Å²) in [5, 5.41) is 23.0. The Balaban J connectivity index is 1.34. The largest absolute Gasteiger partial charge is 0.371 e. The SMILES string of the molecule is CNc1n[nH]c2ccc(-c3ccc(NC[C@]4(c5ncccc5F)C[C@H](F)C4)nn3)cc12. The Morgan fingerprint density at radius 2 is 2.03 bits per heavy atom. The van der Waals surface area contributed by atoms with Gasteiger partial charge in [0.25, 0.3) is 0 Å². The molecule has 0 atom stereocenters. The molecular formula is C22H21F2N7. The normalized spacial score (nSPS) is 20.4. The molecular weight excluding hydrogens is 400 g/mol. The number of benzene rings is 1. The quantitative estimate of drug-likeness (QED) is 0.435. The standard InChI is InChI=1S/C22H21F2N7/c1-25-21-15-9-13(4-5-18(15)29-31-21)17-6-7-19(30-28-17)27-12-22(10-14(23)11-22)20-16(24)3-2-8-26-20/h2-9,14H,10-12H2,1H3,(H,27,30)(H2,25,29,31)/t14-,22-. The minimum Gasteiger partial charge on any atom is -0.371 e. The second-order valence-electron chi connectivity index (χ2n) is 7.86. The fraction of sp³-hybridized carbons (Fsp3) is 0.273. The Morgan fingerprint density at radius 3 is 2.74 bits per heavy atom. The van der Waals surface area contributed by atoms with E-state index < -0.39 is 17.4 Å². The molecule has 0 unspecified atom stereocenters. The molecule has 0 amide bonds. The lowest BCUT2D eigenvalue weighted by atomic mass is 9.65. The molecule has 1 fully saturated rings. The first-order valence-electron chi connectivity index (χ1n) is 10.1. The fourth-order valence-corrected chi connectivity index (χ4v) is 4.19. The number of fused-ring (bicyclic) bond motifs is 1. The van der Waals surface area contributed by atoms with E-state index in [1.807, 2.05) is 37.4 Å². The lowest BCUT2D eigenvalue weighted by molar-refractivity contribution is 0.0964. The highest BCUT2D eigenvalue weighted by atomic mass is 19.1. The van der Waals surface area contributed by atoms with Gasteiger partial charge in [-0.1, -0.05) is 6.07 Å². The molecule has 0 spiro atoms. The zero-order chi connectivity index (χ0) is 21.4. The summed E-state index contributed by atoms with van der Waals surface area (Å²) in [5.74, 6) is 0.900. The lowest BCUT2D eigenvalue weighted by Gasteiger charge is -2.44. The highest BCUT2D eigenvalue weighted by Gasteiger charge is 2.48. The maximum atomic E-state index is 14.3. The van der Waals surface area contributed by atoms with E-state index in [2.05, 4.69) is 36.0 Å². The molecule has 3 N–H and O–H groups in total. The Kier molecular flexibility index (Phi) is 4.72. The Bertz CT molecular complexity index is 1220. The summed E-state index contributed by atoms with van der Waals surface area (Å²) in [5.41, 5.74) is 2.18. The van der Waals surface area contributed by atoms with Gasteiger partial charge in [0.1, 0.15) is 17.8 Å². The fourth-order valence-electron chi connectivity index (χ4n) is 4.19. The average molecular weight is 421 g/mol. The van der Waals surface area contributed by atoms with Gasteiger partial charge < -0.3 is 10.6 Å². The number of halogens is 2. The second-order valence-corrected chi connectivity index (χ2v) is 7.86. The van der Waals surface area contributed by atoms with Crippen molar-refractivity contribution in [2.75, 3.05) is 24.2 Å². The van der Waals surface area contributed by atoms with Crippen molar-refractivity contribution in [2.45, 2.75) is 24.4 Å². The third-order valence-corrected chi connectivity index (χ3v) is 5.85. The first-order valence-corrected chi connectivity index (χ1v) is 10.1. The van der Waals surface area contributed by atoms with Crippen LogP contribution in [0.5, 0.6) is 0 Å². The van der Waals surface area contributed by atoms with Crippen LogP contribution in [0.1, 0.15) is 18.5 Å². The highest BCUT2D eigenvalue weighted by molar-refractivity contribution is 5.92. The summed E-state index contributed by atoms with van der Waals surface area (Å²) in [4.78, 5) is 4.18. The average Bonchev–Trinajstić information content (AvgIpc) is 3.19. The number of aromatic nitrogens is 5. The number of hydrogen-bond acceptors (Lipinski definition) is 6.